The number of esters is 1. The molecule has 0 saturated carbocycles. The van der Waals surface area contributed by atoms with Gasteiger partial charge in [-0.1, -0.05) is 6.92 Å². The van der Waals surface area contributed by atoms with Crippen LogP contribution in [0.3, 0.4) is 0 Å². The zero-order valence-electron chi connectivity index (χ0n) is 9.06. The van der Waals surface area contributed by atoms with E-state index >= 15 is 0 Å². The Morgan fingerprint density at radius 2 is 2.20 bits per heavy atom. The molecule has 0 aliphatic carbocycles. The minimum atomic E-state index is -2.76. The summed E-state index contributed by atoms with van der Waals surface area (Å²) >= 11 is 0. The fraction of sp³-hybridized carbons (Fsp3) is 0.778. The Bertz CT molecular complexity index is 244. The van der Waals surface area contributed by atoms with Crippen molar-refractivity contribution >= 4 is 16.7 Å². The third-order valence-corrected chi connectivity index (χ3v) is 2.73. The second-order valence-electron chi connectivity index (χ2n) is 2.95. The molecule has 0 aliphatic heterocycles. The summed E-state index contributed by atoms with van der Waals surface area (Å²) in [4.78, 5) is 11.2. The highest BCUT2D eigenvalue weighted by molar-refractivity contribution is 7.74. The molecule has 1 atom stereocenters. The topological polar surface area (TPSA) is 72.5 Å². The average molecular weight is 236 g/mol. The van der Waals surface area contributed by atoms with Gasteiger partial charge >= 0.3 is 5.97 Å². The van der Waals surface area contributed by atoms with Crippen LogP contribution >= 0.6 is 0 Å². The van der Waals surface area contributed by atoms with Crippen LogP contribution in [-0.4, -0.2) is 39.3 Å². The van der Waals surface area contributed by atoms with E-state index in [2.05, 4.69) is 10.1 Å². The predicted molar refractivity (Wildman–Crippen MR) is 58.2 cm³/mol. The fourth-order valence-electron chi connectivity index (χ4n) is 1.03. The molecule has 0 aromatic heterocycles. The number of rotatable bonds is 8. The van der Waals surface area contributed by atoms with Crippen LogP contribution in [0, 0.1) is 6.42 Å². The van der Waals surface area contributed by atoms with Crippen molar-refractivity contribution in [2.45, 2.75) is 25.5 Å². The molecule has 0 heterocycles. The summed E-state index contributed by atoms with van der Waals surface area (Å²) < 4.78 is 26.2. The fourth-order valence-corrected chi connectivity index (χ4v) is 1.62. The normalized spacial score (nSPS) is 12.7. The molecule has 1 radical (unpaired) electrons. The molecule has 0 fully saturated rings. The first-order valence-electron chi connectivity index (χ1n) is 4.92. The molecule has 0 rings (SSSR count). The van der Waals surface area contributed by atoms with Gasteiger partial charge in [-0.25, -0.2) is 8.42 Å². The van der Waals surface area contributed by atoms with Crippen molar-refractivity contribution in [2.75, 3.05) is 19.7 Å². The van der Waals surface area contributed by atoms with Crippen molar-refractivity contribution in [3.05, 3.63) is 6.42 Å². The van der Waals surface area contributed by atoms with E-state index in [-0.39, 0.29) is 13.0 Å². The van der Waals surface area contributed by atoms with Gasteiger partial charge in [0.15, 0.2) is 16.0 Å². The van der Waals surface area contributed by atoms with Crippen LogP contribution in [0.15, 0.2) is 0 Å². The Kier molecular flexibility index (Phi) is 8.31. The number of hydrogen-bond donors (Lipinski definition) is 2. The van der Waals surface area contributed by atoms with Gasteiger partial charge in [-0.15, -0.1) is 0 Å². The lowest BCUT2D eigenvalue weighted by molar-refractivity contribution is -0.142. The standard InChI is InChI=1S/C9H18NO4S/c1-3-6-10-7-5-8(15(12)13)9(11)14-4-2/h3,8,10,15H,4-7H2,1-2H3. The molecule has 0 spiro atoms. The molecule has 15 heavy (non-hydrogen) atoms. The molecule has 0 aromatic carbocycles. The highest BCUT2D eigenvalue weighted by Gasteiger charge is 2.22. The number of carbonyl (C=O) groups excluding carboxylic acids is 1. The van der Waals surface area contributed by atoms with E-state index in [0.717, 1.165) is 0 Å². The Morgan fingerprint density at radius 3 is 2.67 bits per heavy atom. The van der Waals surface area contributed by atoms with E-state index in [4.69, 9.17) is 0 Å². The molecule has 1 unspecified atom stereocenters. The van der Waals surface area contributed by atoms with Crippen molar-refractivity contribution in [2.24, 2.45) is 0 Å². The second kappa shape index (κ2) is 8.67. The van der Waals surface area contributed by atoms with Crippen LogP contribution < -0.4 is 5.32 Å². The Morgan fingerprint density at radius 1 is 1.53 bits per heavy atom. The van der Waals surface area contributed by atoms with Crippen LogP contribution in [-0.2, 0) is 20.2 Å². The molecule has 0 aliphatic rings. The quantitative estimate of drug-likeness (QED) is 0.345. The number of nitrogens with one attached hydrogen (secondary N) is 1. The van der Waals surface area contributed by atoms with Crippen molar-refractivity contribution in [3.8, 4) is 0 Å². The van der Waals surface area contributed by atoms with Crippen molar-refractivity contribution < 1.29 is 17.9 Å². The maximum absolute atomic E-state index is 11.2. The van der Waals surface area contributed by atoms with E-state index in [0.29, 0.717) is 13.1 Å². The maximum Gasteiger partial charge on any atom is 0.324 e. The Hall–Kier alpha value is -0.620. The van der Waals surface area contributed by atoms with Crippen LogP contribution in [0.1, 0.15) is 20.3 Å². The van der Waals surface area contributed by atoms with Gasteiger partial charge in [0.1, 0.15) is 0 Å². The zero-order chi connectivity index (χ0) is 11.7. The molecule has 5 nitrogen and oxygen atoms in total. The minimum absolute atomic E-state index is 0.203. The van der Waals surface area contributed by atoms with Crippen molar-refractivity contribution in [1.29, 1.82) is 0 Å². The monoisotopic (exact) mass is 236 g/mol. The summed E-state index contributed by atoms with van der Waals surface area (Å²) in [6.45, 7) is 4.93. The number of thiol groups is 1. The summed E-state index contributed by atoms with van der Waals surface area (Å²) in [5, 5.41) is 1.96. The van der Waals surface area contributed by atoms with Gasteiger partial charge in [-0.2, -0.15) is 0 Å². The zero-order valence-corrected chi connectivity index (χ0v) is 9.96. The first-order valence-corrected chi connectivity index (χ1v) is 6.16. The van der Waals surface area contributed by atoms with E-state index < -0.39 is 21.9 Å². The molecule has 1 N–H and O–H groups in total. The summed E-state index contributed by atoms with van der Waals surface area (Å²) in [7, 11) is -2.76. The largest absolute Gasteiger partial charge is 0.465 e. The van der Waals surface area contributed by atoms with Crippen molar-refractivity contribution in [1.82, 2.24) is 5.32 Å². The van der Waals surface area contributed by atoms with Gasteiger partial charge in [0.2, 0.25) is 0 Å². The second-order valence-corrected chi connectivity index (χ2v) is 4.15. The molecule has 6 heteroatoms. The lowest BCUT2D eigenvalue weighted by Crippen LogP contribution is -2.29. The Balaban J connectivity index is 4.00. The number of ether oxygens (including phenoxy) is 1. The summed E-state index contributed by atoms with van der Waals surface area (Å²) in [5.41, 5.74) is 0. The van der Waals surface area contributed by atoms with Gasteiger partial charge in [0.05, 0.1) is 6.61 Å². The van der Waals surface area contributed by atoms with Crippen LogP contribution in [0.25, 0.3) is 0 Å². The van der Waals surface area contributed by atoms with Crippen LogP contribution in [0.4, 0.5) is 0 Å². The molecular formula is C9H18NO4S. The van der Waals surface area contributed by atoms with Crippen LogP contribution in [0.5, 0.6) is 0 Å². The maximum atomic E-state index is 11.2. The van der Waals surface area contributed by atoms with Crippen LogP contribution in [0.2, 0.25) is 0 Å². The Labute approximate surface area is 92.1 Å². The highest BCUT2D eigenvalue weighted by atomic mass is 32.2. The van der Waals surface area contributed by atoms with Gasteiger partial charge < -0.3 is 10.1 Å². The van der Waals surface area contributed by atoms with E-state index in [9.17, 15) is 13.2 Å². The lowest BCUT2D eigenvalue weighted by atomic mass is 10.3. The summed E-state index contributed by atoms with van der Waals surface area (Å²) in [6.07, 6.45) is 2.17. The predicted octanol–water partition coefficient (Wildman–Crippen LogP) is -0.267. The van der Waals surface area contributed by atoms with E-state index in [1.165, 1.54) is 0 Å². The molecule has 0 aromatic rings. The SMILES string of the molecule is C[CH]CNCCC(C(=O)OCC)[SH](=O)=O. The number of carbonyl (C=O) groups is 1. The molecule has 0 amide bonds. The van der Waals surface area contributed by atoms with Gasteiger partial charge in [0, 0.05) is 0 Å². The lowest BCUT2D eigenvalue weighted by Gasteiger charge is -2.09. The summed E-state index contributed by atoms with van der Waals surface area (Å²) in [6, 6.07) is 0. The number of hydrogen-bond acceptors (Lipinski definition) is 5. The first kappa shape index (κ1) is 14.4. The van der Waals surface area contributed by atoms with Gasteiger partial charge in [-0.05, 0) is 32.9 Å². The molecular weight excluding hydrogens is 218 g/mol. The highest BCUT2D eigenvalue weighted by Crippen LogP contribution is 1.99. The van der Waals surface area contributed by atoms with Gasteiger partial charge in [0.25, 0.3) is 0 Å². The molecule has 0 bridgehead atoms. The average Bonchev–Trinajstić information content (AvgIpc) is 2.17. The smallest absolute Gasteiger partial charge is 0.324 e. The third kappa shape index (κ3) is 6.46. The summed E-state index contributed by atoms with van der Waals surface area (Å²) in [5.74, 6) is -0.657. The third-order valence-electron chi connectivity index (χ3n) is 1.76. The minimum Gasteiger partial charge on any atom is -0.465 e. The van der Waals surface area contributed by atoms with E-state index in [1.807, 2.05) is 13.3 Å². The molecule has 0 saturated heterocycles. The first-order chi connectivity index (χ1) is 7.13. The molecule has 89 valence electrons. The van der Waals surface area contributed by atoms with E-state index in [1.54, 1.807) is 6.92 Å². The van der Waals surface area contributed by atoms with Gasteiger partial charge in [-0.3, -0.25) is 4.79 Å². The van der Waals surface area contributed by atoms with Crippen molar-refractivity contribution in [3.63, 3.8) is 0 Å².